The highest BCUT2D eigenvalue weighted by Gasteiger charge is 2.25. The van der Waals surface area contributed by atoms with E-state index in [2.05, 4.69) is 0 Å². The minimum Gasteiger partial charge on any atom is -0.388 e. The van der Waals surface area contributed by atoms with E-state index in [4.69, 9.17) is 11.6 Å². The third-order valence-electron chi connectivity index (χ3n) is 5.63. The monoisotopic (exact) mass is 430 g/mol. The smallest absolute Gasteiger partial charge is 0.308 e. The summed E-state index contributed by atoms with van der Waals surface area (Å²) in [6.45, 7) is 1.35. The van der Waals surface area contributed by atoms with Crippen LogP contribution in [0.1, 0.15) is 30.9 Å². The Bertz CT molecular complexity index is 1050. The number of piperidine rings is 1. The van der Waals surface area contributed by atoms with Gasteiger partial charge in [0.15, 0.2) is 0 Å². The topological polar surface area (TPSA) is 62.5 Å². The number of hydrogen-bond donors (Lipinski definition) is 1. The number of aliphatic hydroxyl groups excluding tert-OH is 1. The molecule has 1 saturated heterocycles. The van der Waals surface area contributed by atoms with Gasteiger partial charge in [0.25, 0.3) is 0 Å². The SMILES string of the molecule is O=C(Cn1c(=O)sc2ccc(Cl)cc21)N1CCC(CC(O)c2ccccc2)CC1. The number of carbonyl (C=O) groups is 1. The molecule has 4 rings (SSSR count). The second-order valence-corrected chi connectivity index (χ2v) is 8.98. The van der Waals surface area contributed by atoms with Crippen LogP contribution in [0, 0.1) is 5.92 Å². The molecule has 1 unspecified atom stereocenters. The molecule has 152 valence electrons. The first kappa shape index (κ1) is 20.1. The molecule has 2 aromatic carbocycles. The third kappa shape index (κ3) is 4.55. The molecule has 1 atom stereocenters. The summed E-state index contributed by atoms with van der Waals surface area (Å²) in [5.74, 6) is 0.339. The Balaban J connectivity index is 1.36. The Kier molecular flexibility index (Phi) is 6.04. The summed E-state index contributed by atoms with van der Waals surface area (Å²) in [5, 5.41) is 11.0. The molecule has 1 N–H and O–H groups in total. The van der Waals surface area contributed by atoms with Crippen LogP contribution in [0.2, 0.25) is 5.02 Å². The van der Waals surface area contributed by atoms with E-state index in [-0.39, 0.29) is 17.3 Å². The maximum atomic E-state index is 12.8. The van der Waals surface area contributed by atoms with Crippen LogP contribution in [0.15, 0.2) is 53.3 Å². The minimum atomic E-state index is -0.469. The second-order valence-electron chi connectivity index (χ2n) is 7.55. The van der Waals surface area contributed by atoms with Crippen molar-refractivity contribution in [3.63, 3.8) is 0 Å². The highest BCUT2D eigenvalue weighted by molar-refractivity contribution is 7.16. The van der Waals surface area contributed by atoms with Gasteiger partial charge in [-0.15, -0.1) is 0 Å². The van der Waals surface area contributed by atoms with Crippen LogP contribution in [-0.4, -0.2) is 33.6 Å². The van der Waals surface area contributed by atoms with E-state index in [0.29, 0.717) is 36.0 Å². The molecule has 1 fully saturated rings. The van der Waals surface area contributed by atoms with Gasteiger partial charge in [0, 0.05) is 18.1 Å². The lowest BCUT2D eigenvalue weighted by molar-refractivity contribution is -0.133. The van der Waals surface area contributed by atoms with Gasteiger partial charge in [-0.2, -0.15) is 0 Å². The molecular weight excluding hydrogens is 408 g/mol. The fourth-order valence-electron chi connectivity index (χ4n) is 3.97. The Morgan fingerprint density at radius 3 is 2.62 bits per heavy atom. The average molecular weight is 431 g/mol. The molecular formula is C22H23ClN2O3S. The third-order valence-corrected chi connectivity index (χ3v) is 6.83. The van der Waals surface area contributed by atoms with Gasteiger partial charge in [-0.3, -0.25) is 14.2 Å². The number of hydrogen-bond acceptors (Lipinski definition) is 4. The van der Waals surface area contributed by atoms with Crippen molar-refractivity contribution in [2.24, 2.45) is 5.92 Å². The van der Waals surface area contributed by atoms with Gasteiger partial charge < -0.3 is 10.0 Å². The maximum Gasteiger partial charge on any atom is 0.308 e. The zero-order valence-corrected chi connectivity index (χ0v) is 17.5. The van der Waals surface area contributed by atoms with Crippen LogP contribution in [0.25, 0.3) is 10.2 Å². The zero-order chi connectivity index (χ0) is 20.4. The molecule has 1 aromatic heterocycles. The first-order chi connectivity index (χ1) is 14.0. The molecule has 0 bridgehead atoms. The van der Waals surface area contributed by atoms with Gasteiger partial charge in [0.05, 0.1) is 16.3 Å². The van der Waals surface area contributed by atoms with Crippen LogP contribution in [0.4, 0.5) is 0 Å². The number of aromatic nitrogens is 1. The summed E-state index contributed by atoms with van der Waals surface area (Å²) in [6, 6.07) is 15.0. The van der Waals surface area contributed by atoms with E-state index < -0.39 is 6.10 Å². The van der Waals surface area contributed by atoms with E-state index in [1.807, 2.05) is 41.3 Å². The number of amides is 1. The lowest BCUT2D eigenvalue weighted by atomic mass is 9.89. The van der Waals surface area contributed by atoms with Crippen molar-refractivity contribution in [3.05, 3.63) is 68.8 Å². The van der Waals surface area contributed by atoms with Crippen LogP contribution < -0.4 is 4.87 Å². The number of thiazole rings is 1. The Hall–Kier alpha value is -2.15. The molecule has 0 aliphatic carbocycles. The van der Waals surface area contributed by atoms with Crippen molar-refractivity contribution in [1.29, 1.82) is 0 Å². The van der Waals surface area contributed by atoms with E-state index in [1.54, 1.807) is 12.1 Å². The van der Waals surface area contributed by atoms with Crippen LogP contribution >= 0.6 is 22.9 Å². The van der Waals surface area contributed by atoms with E-state index >= 15 is 0 Å². The van der Waals surface area contributed by atoms with Crippen molar-refractivity contribution >= 4 is 39.1 Å². The fourth-order valence-corrected chi connectivity index (χ4v) is 5.00. The van der Waals surface area contributed by atoms with Crippen LogP contribution in [0.5, 0.6) is 0 Å². The van der Waals surface area contributed by atoms with Gasteiger partial charge >= 0.3 is 4.87 Å². The molecule has 1 aliphatic rings. The molecule has 1 amide bonds. The quantitative estimate of drug-likeness (QED) is 0.663. The summed E-state index contributed by atoms with van der Waals surface area (Å²) >= 11 is 7.19. The minimum absolute atomic E-state index is 0.0382. The summed E-state index contributed by atoms with van der Waals surface area (Å²) in [4.78, 5) is 26.8. The molecule has 0 spiro atoms. The molecule has 0 saturated carbocycles. The fraction of sp³-hybridized carbons (Fsp3) is 0.364. The molecule has 29 heavy (non-hydrogen) atoms. The molecule has 3 aromatic rings. The highest BCUT2D eigenvalue weighted by Crippen LogP contribution is 2.28. The van der Waals surface area contributed by atoms with E-state index in [1.165, 1.54) is 4.57 Å². The Morgan fingerprint density at radius 1 is 1.17 bits per heavy atom. The van der Waals surface area contributed by atoms with E-state index in [0.717, 1.165) is 34.4 Å². The number of halogens is 1. The summed E-state index contributed by atoms with van der Waals surface area (Å²) in [7, 11) is 0. The van der Waals surface area contributed by atoms with Crippen LogP contribution in [0.3, 0.4) is 0 Å². The van der Waals surface area contributed by atoms with Gasteiger partial charge in [0.1, 0.15) is 6.54 Å². The van der Waals surface area contributed by atoms with Crippen molar-refractivity contribution in [1.82, 2.24) is 9.47 Å². The molecule has 0 radical (unpaired) electrons. The Morgan fingerprint density at radius 2 is 1.90 bits per heavy atom. The number of fused-ring (bicyclic) bond motifs is 1. The standard InChI is InChI=1S/C22H23ClN2O3S/c23-17-6-7-20-18(13-17)25(22(28)29-20)14-21(27)24-10-8-15(9-11-24)12-19(26)16-4-2-1-3-5-16/h1-7,13,15,19,26H,8-12,14H2. The summed E-state index contributed by atoms with van der Waals surface area (Å²) in [6.07, 6.45) is 1.96. The normalized spacial score (nSPS) is 16.3. The zero-order valence-electron chi connectivity index (χ0n) is 16.0. The van der Waals surface area contributed by atoms with Crippen molar-refractivity contribution in [2.45, 2.75) is 31.9 Å². The molecule has 5 nitrogen and oxygen atoms in total. The average Bonchev–Trinajstić information content (AvgIpc) is 3.03. The summed E-state index contributed by atoms with van der Waals surface area (Å²) < 4.78 is 2.35. The highest BCUT2D eigenvalue weighted by atomic mass is 35.5. The number of carbonyl (C=O) groups excluding carboxylic acids is 1. The number of likely N-dealkylation sites (tertiary alicyclic amines) is 1. The number of aliphatic hydroxyl groups is 1. The molecule has 1 aliphatic heterocycles. The van der Waals surface area contributed by atoms with Gasteiger partial charge in [0.2, 0.25) is 5.91 Å². The van der Waals surface area contributed by atoms with Gasteiger partial charge in [-0.1, -0.05) is 53.3 Å². The predicted octanol–water partition coefficient (Wildman–Crippen LogP) is 4.08. The maximum absolute atomic E-state index is 12.8. The lowest BCUT2D eigenvalue weighted by Gasteiger charge is -2.33. The number of rotatable bonds is 5. The first-order valence-electron chi connectivity index (χ1n) is 9.81. The molecule has 2 heterocycles. The predicted molar refractivity (Wildman–Crippen MR) is 116 cm³/mol. The number of nitrogens with zero attached hydrogens (tertiary/aromatic N) is 2. The van der Waals surface area contributed by atoms with Crippen molar-refractivity contribution in [2.75, 3.05) is 13.1 Å². The summed E-state index contributed by atoms with van der Waals surface area (Å²) in [5.41, 5.74) is 1.65. The Labute approximate surface area is 178 Å². The van der Waals surface area contributed by atoms with Gasteiger partial charge in [-0.25, -0.2) is 0 Å². The van der Waals surface area contributed by atoms with E-state index in [9.17, 15) is 14.7 Å². The number of benzene rings is 2. The molecule has 7 heteroatoms. The van der Waals surface area contributed by atoms with Crippen molar-refractivity contribution < 1.29 is 9.90 Å². The second kappa shape index (κ2) is 8.69. The van der Waals surface area contributed by atoms with Crippen molar-refractivity contribution in [3.8, 4) is 0 Å². The van der Waals surface area contributed by atoms with Crippen LogP contribution in [-0.2, 0) is 11.3 Å². The lowest BCUT2D eigenvalue weighted by Crippen LogP contribution is -2.41. The first-order valence-corrected chi connectivity index (χ1v) is 11.0. The van der Waals surface area contributed by atoms with Gasteiger partial charge in [-0.05, 0) is 48.9 Å². The largest absolute Gasteiger partial charge is 0.388 e.